The number of rotatable bonds is 10. The Morgan fingerprint density at radius 1 is 0.784 bits per heavy atom. The van der Waals surface area contributed by atoms with E-state index in [2.05, 4.69) is 26.3 Å². The third kappa shape index (κ3) is 6.74. The van der Waals surface area contributed by atoms with E-state index in [-0.39, 0.29) is 11.8 Å². The third-order valence-corrected chi connectivity index (χ3v) is 6.03. The molecule has 0 aliphatic heterocycles. The summed E-state index contributed by atoms with van der Waals surface area (Å²) in [5.41, 5.74) is 2.30. The Hall–Kier alpha value is -4.17. The molecule has 0 radical (unpaired) electrons. The number of hydrogen-bond acceptors (Lipinski definition) is 6. The lowest BCUT2D eigenvalue weighted by Gasteiger charge is -2.16. The molecule has 4 N–H and O–H groups in total. The molecule has 0 fully saturated rings. The summed E-state index contributed by atoms with van der Waals surface area (Å²) in [4.78, 5) is 33.4. The van der Waals surface area contributed by atoms with E-state index in [9.17, 15) is 9.59 Å². The lowest BCUT2D eigenvalue weighted by molar-refractivity contribution is -0.118. The smallest absolute Gasteiger partial charge is 0.251 e. The number of anilines is 2. The summed E-state index contributed by atoms with van der Waals surface area (Å²) in [5, 5.41) is 14.9. The van der Waals surface area contributed by atoms with Gasteiger partial charge in [-0.1, -0.05) is 48.0 Å². The van der Waals surface area contributed by atoms with Crippen molar-refractivity contribution in [1.82, 2.24) is 20.6 Å². The maximum atomic E-state index is 12.8. The predicted octanol–water partition coefficient (Wildman–Crippen LogP) is 4.65. The molecule has 0 unspecified atom stereocenters. The molecule has 4 aromatic rings. The minimum absolute atomic E-state index is 0.0871. The molecule has 2 amide bonds. The molecule has 1 aromatic heterocycles. The van der Waals surface area contributed by atoms with Crippen LogP contribution in [-0.4, -0.2) is 48.0 Å². The molecule has 4 rings (SSSR count). The Morgan fingerprint density at radius 3 is 2.08 bits per heavy atom. The fourth-order valence-electron chi connectivity index (χ4n) is 3.88. The van der Waals surface area contributed by atoms with Gasteiger partial charge in [0.1, 0.15) is 11.6 Å². The van der Waals surface area contributed by atoms with E-state index >= 15 is 0 Å². The second-order valence-electron chi connectivity index (χ2n) is 8.50. The minimum atomic E-state index is -0.125. The van der Waals surface area contributed by atoms with Gasteiger partial charge in [-0.3, -0.25) is 9.59 Å². The average molecular weight is 517 g/mol. The number of hydrogen-bond donors (Lipinski definition) is 4. The van der Waals surface area contributed by atoms with Crippen LogP contribution in [0.25, 0.3) is 22.2 Å². The van der Waals surface area contributed by atoms with Crippen LogP contribution in [0.1, 0.15) is 22.8 Å². The summed E-state index contributed by atoms with van der Waals surface area (Å²) in [6, 6.07) is 20.8. The zero-order chi connectivity index (χ0) is 26.2. The highest BCUT2D eigenvalue weighted by Gasteiger charge is 2.13. The van der Waals surface area contributed by atoms with Crippen molar-refractivity contribution in [2.45, 2.75) is 13.8 Å². The monoisotopic (exact) mass is 516 g/mol. The van der Waals surface area contributed by atoms with Crippen molar-refractivity contribution in [3.05, 3.63) is 82.9 Å². The molecule has 190 valence electrons. The summed E-state index contributed by atoms with van der Waals surface area (Å²) >= 11 is 6.05. The highest BCUT2D eigenvalue weighted by molar-refractivity contribution is 6.30. The lowest BCUT2D eigenvalue weighted by atomic mass is 10.0. The number of fused-ring (bicyclic) bond motifs is 1. The number of halogens is 1. The van der Waals surface area contributed by atoms with Crippen LogP contribution in [0.2, 0.25) is 5.02 Å². The summed E-state index contributed by atoms with van der Waals surface area (Å²) in [6.07, 6.45) is 0. The molecular formula is C28H29ClN6O2. The number of aromatic nitrogens is 2. The van der Waals surface area contributed by atoms with Crippen LogP contribution in [0, 0.1) is 6.92 Å². The topological polar surface area (TPSA) is 108 Å². The second kappa shape index (κ2) is 12.2. The van der Waals surface area contributed by atoms with Crippen LogP contribution in [0.3, 0.4) is 0 Å². The summed E-state index contributed by atoms with van der Waals surface area (Å²) in [7, 11) is 0. The molecule has 3 aromatic carbocycles. The van der Waals surface area contributed by atoms with Crippen molar-refractivity contribution in [2.24, 2.45) is 0 Å². The summed E-state index contributed by atoms with van der Waals surface area (Å²) in [5.74, 6) is 1.64. The summed E-state index contributed by atoms with van der Waals surface area (Å²) in [6.45, 7) is 5.27. The molecule has 1 heterocycles. The average Bonchev–Trinajstić information content (AvgIpc) is 2.90. The van der Waals surface area contributed by atoms with Crippen LogP contribution in [0.15, 0.2) is 66.7 Å². The van der Waals surface area contributed by atoms with Crippen molar-refractivity contribution >= 4 is 45.8 Å². The molecule has 0 aliphatic carbocycles. The molecule has 0 saturated heterocycles. The molecule has 9 heteroatoms. The molecule has 8 nitrogen and oxygen atoms in total. The highest BCUT2D eigenvalue weighted by Crippen LogP contribution is 2.26. The van der Waals surface area contributed by atoms with Gasteiger partial charge in [0.05, 0.1) is 0 Å². The van der Waals surface area contributed by atoms with Crippen LogP contribution < -0.4 is 21.3 Å². The van der Waals surface area contributed by atoms with Gasteiger partial charge in [-0.15, -0.1) is 0 Å². The number of benzene rings is 3. The zero-order valence-electron chi connectivity index (χ0n) is 20.8. The van der Waals surface area contributed by atoms with Crippen molar-refractivity contribution in [3.63, 3.8) is 0 Å². The van der Waals surface area contributed by atoms with Crippen molar-refractivity contribution in [1.29, 1.82) is 0 Å². The molecule has 0 atom stereocenters. The van der Waals surface area contributed by atoms with Crippen molar-refractivity contribution in [3.8, 4) is 11.4 Å². The first kappa shape index (κ1) is 25.9. The van der Waals surface area contributed by atoms with Gasteiger partial charge in [0.2, 0.25) is 5.91 Å². The van der Waals surface area contributed by atoms with Crippen LogP contribution >= 0.6 is 11.6 Å². The number of nitrogens with zero attached hydrogens (tertiary/aromatic N) is 2. The fourth-order valence-corrected chi connectivity index (χ4v) is 4.01. The number of amides is 2. The van der Waals surface area contributed by atoms with E-state index in [0.717, 1.165) is 21.9 Å². The fraction of sp³-hybridized carbons (Fsp3) is 0.214. The van der Waals surface area contributed by atoms with Gasteiger partial charge in [0, 0.05) is 54.8 Å². The van der Waals surface area contributed by atoms with E-state index in [1.54, 1.807) is 12.1 Å². The zero-order valence-corrected chi connectivity index (χ0v) is 21.5. The first-order valence-electron chi connectivity index (χ1n) is 12.0. The van der Waals surface area contributed by atoms with Gasteiger partial charge in [0.15, 0.2) is 5.82 Å². The quantitative estimate of drug-likeness (QED) is 0.228. The van der Waals surface area contributed by atoms with Gasteiger partial charge < -0.3 is 21.3 Å². The standard InChI is InChI=1S/C28H29ClN6O2/c1-18-25(31-15-14-30-19(2)36)34-27(21-10-12-22(29)13-11-21)35-26(18)32-16-17-33-28(37)24-9-5-7-20-6-3-4-8-23(20)24/h3-13H,14-17H2,1-2H3,(H,30,36)(H,33,37)(H2,31,32,34,35). The Kier molecular flexibility index (Phi) is 8.53. The van der Waals surface area contributed by atoms with Gasteiger partial charge >= 0.3 is 0 Å². The van der Waals surface area contributed by atoms with Crippen LogP contribution in [0.4, 0.5) is 11.6 Å². The maximum Gasteiger partial charge on any atom is 0.251 e. The van der Waals surface area contributed by atoms with E-state index in [4.69, 9.17) is 16.6 Å². The molecule has 37 heavy (non-hydrogen) atoms. The largest absolute Gasteiger partial charge is 0.368 e. The van der Waals surface area contributed by atoms with E-state index in [1.807, 2.05) is 61.5 Å². The molecular weight excluding hydrogens is 488 g/mol. The van der Waals surface area contributed by atoms with Gasteiger partial charge in [-0.05, 0) is 48.0 Å². The van der Waals surface area contributed by atoms with Gasteiger partial charge in [-0.2, -0.15) is 0 Å². The number of carbonyl (C=O) groups is 2. The van der Waals surface area contributed by atoms with E-state index < -0.39 is 0 Å². The van der Waals surface area contributed by atoms with Crippen LogP contribution in [0.5, 0.6) is 0 Å². The van der Waals surface area contributed by atoms with E-state index in [1.165, 1.54) is 6.92 Å². The Labute approximate surface area is 220 Å². The van der Waals surface area contributed by atoms with Crippen LogP contribution in [-0.2, 0) is 4.79 Å². The Bertz CT molecular complexity index is 1400. The van der Waals surface area contributed by atoms with Crippen molar-refractivity contribution < 1.29 is 9.59 Å². The van der Waals surface area contributed by atoms with Crippen molar-refractivity contribution in [2.75, 3.05) is 36.8 Å². The number of carbonyl (C=O) groups excluding carboxylic acids is 2. The third-order valence-electron chi connectivity index (χ3n) is 5.78. The van der Waals surface area contributed by atoms with Gasteiger partial charge in [0.25, 0.3) is 5.91 Å². The second-order valence-corrected chi connectivity index (χ2v) is 8.93. The summed E-state index contributed by atoms with van der Waals surface area (Å²) < 4.78 is 0. The minimum Gasteiger partial charge on any atom is -0.368 e. The Balaban J connectivity index is 1.45. The normalized spacial score (nSPS) is 10.7. The number of nitrogens with one attached hydrogen (secondary N) is 4. The highest BCUT2D eigenvalue weighted by atomic mass is 35.5. The molecule has 0 bridgehead atoms. The predicted molar refractivity (Wildman–Crippen MR) is 149 cm³/mol. The lowest BCUT2D eigenvalue weighted by Crippen LogP contribution is -2.29. The first-order valence-corrected chi connectivity index (χ1v) is 12.4. The molecule has 0 aliphatic rings. The molecule has 0 saturated carbocycles. The first-order chi connectivity index (χ1) is 17.9. The SMILES string of the molecule is CC(=O)NCCNc1nc(-c2ccc(Cl)cc2)nc(NCCNC(=O)c2cccc3ccccc23)c1C. The molecule has 0 spiro atoms. The Morgan fingerprint density at radius 2 is 1.41 bits per heavy atom. The van der Waals surface area contributed by atoms with Gasteiger partial charge in [-0.25, -0.2) is 9.97 Å². The maximum absolute atomic E-state index is 12.8. The van der Waals surface area contributed by atoms with E-state index in [0.29, 0.717) is 54.2 Å².